The maximum Gasteiger partial charge on any atom is 0.416 e. The van der Waals surface area contributed by atoms with E-state index in [4.69, 9.17) is 5.73 Å². The number of piperazine rings is 1. The van der Waals surface area contributed by atoms with Crippen molar-refractivity contribution in [1.82, 2.24) is 9.80 Å². The van der Waals surface area contributed by atoms with Gasteiger partial charge in [0, 0.05) is 43.9 Å². The van der Waals surface area contributed by atoms with Gasteiger partial charge in [0.05, 0.1) is 5.56 Å². The molecule has 1 saturated heterocycles. The normalized spacial score (nSPS) is 14.3. The summed E-state index contributed by atoms with van der Waals surface area (Å²) in [7, 11) is 0. The second-order valence-electron chi connectivity index (χ2n) is 6.56. The number of hydrogen-bond donors (Lipinski definition) is 1. The van der Waals surface area contributed by atoms with Crippen molar-refractivity contribution < 1.29 is 22.8 Å². The van der Waals surface area contributed by atoms with Gasteiger partial charge in [-0.05, 0) is 35.9 Å². The largest absolute Gasteiger partial charge is 0.416 e. The van der Waals surface area contributed by atoms with Crippen LogP contribution in [0, 0.1) is 0 Å². The number of amides is 2. The second-order valence-corrected chi connectivity index (χ2v) is 6.56. The lowest BCUT2D eigenvalue weighted by Gasteiger charge is -2.35. The first kappa shape index (κ1) is 22.7. The van der Waals surface area contributed by atoms with E-state index in [0.29, 0.717) is 25.2 Å². The van der Waals surface area contributed by atoms with Gasteiger partial charge in [0.25, 0.3) is 11.8 Å². The van der Waals surface area contributed by atoms with Crippen molar-refractivity contribution in [3.63, 3.8) is 0 Å². The molecule has 0 spiro atoms. The van der Waals surface area contributed by atoms with E-state index in [9.17, 15) is 22.8 Å². The van der Waals surface area contributed by atoms with E-state index in [0.717, 1.165) is 17.7 Å². The zero-order valence-corrected chi connectivity index (χ0v) is 16.3. The lowest BCUT2D eigenvalue weighted by Crippen LogP contribution is -2.50. The fourth-order valence-electron chi connectivity index (χ4n) is 3.09. The van der Waals surface area contributed by atoms with Crippen molar-refractivity contribution in [3.8, 4) is 0 Å². The molecule has 1 heterocycles. The van der Waals surface area contributed by atoms with Gasteiger partial charge < -0.3 is 15.5 Å². The quantitative estimate of drug-likeness (QED) is 0.818. The summed E-state index contributed by atoms with van der Waals surface area (Å²) in [5.41, 5.74) is 6.15. The Hall–Kier alpha value is -2.58. The highest BCUT2D eigenvalue weighted by Crippen LogP contribution is 2.29. The third-order valence-electron chi connectivity index (χ3n) is 4.73. The van der Waals surface area contributed by atoms with E-state index in [1.54, 1.807) is 29.2 Å². The van der Waals surface area contributed by atoms with Gasteiger partial charge in [-0.15, -0.1) is 12.4 Å². The van der Waals surface area contributed by atoms with Crippen LogP contribution in [0.25, 0.3) is 0 Å². The number of alkyl halides is 3. The van der Waals surface area contributed by atoms with E-state index < -0.39 is 17.6 Å². The highest BCUT2D eigenvalue weighted by Gasteiger charge is 2.32. The van der Waals surface area contributed by atoms with E-state index in [-0.39, 0.29) is 37.0 Å². The first-order valence-corrected chi connectivity index (χ1v) is 8.84. The number of carbonyl (C=O) groups excluding carboxylic acids is 2. The number of benzene rings is 2. The van der Waals surface area contributed by atoms with Crippen LogP contribution in [0.1, 0.15) is 31.8 Å². The molecule has 29 heavy (non-hydrogen) atoms. The molecule has 9 heteroatoms. The summed E-state index contributed by atoms with van der Waals surface area (Å²) >= 11 is 0. The maximum atomic E-state index is 12.8. The molecule has 0 radical (unpaired) electrons. The molecular formula is C20H21ClF3N3O2. The lowest BCUT2D eigenvalue weighted by atomic mass is 10.1. The van der Waals surface area contributed by atoms with Crippen LogP contribution < -0.4 is 5.73 Å². The minimum absolute atomic E-state index is 0. The van der Waals surface area contributed by atoms with E-state index in [1.165, 1.54) is 17.0 Å². The first-order chi connectivity index (χ1) is 13.3. The number of nitrogens with zero attached hydrogens (tertiary/aromatic N) is 2. The van der Waals surface area contributed by atoms with Crippen molar-refractivity contribution >= 4 is 24.2 Å². The highest BCUT2D eigenvalue weighted by molar-refractivity contribution is 5.96. The Morgan fingerprint density at radius 1 is 0.862 bits per heavy atom. The number of hydrogen-bond acceptors (Lipinski definition) is 3. The monoisotopic (exact) mass is 427 g/mol. The van der Waals surface area contributed by atoms with Gasteiger partial charge in [-0.3, -0.25) is 9.59 Å². The van der Waals surface area contributed by atoms with Gasteiger partial charge in [0.15, 0.2) is 0 Å². The van der Waals surface area contributed by atoms with Gasteiger partial charge in [-0.1, -0.05) is 18.2 Å². The molecule has 2 N–H and O–H groups in total. The van der Waals surface area contributed by atoms with Crippen LogP contribution in [0.2, 0.25) is 0 Å². The molecule has 0 saturated carbocycles. The topological polar surface area (TPSA) is 66.6 Å². The van der Waals surface area contributed by atoms with Gasteiger partial charge in [0.1, 0.15) is 0 Å². The average Bonchev–Trinajstić information content (AvgIpc) is 2.72. The predicted octanol–water partition coefficient (Wildman–Crippen LogP) is 3.18. The van der Waals surface area contributed by atoms with Gasteiger partial charge in [0.2, 0.25) is 0 Å². The Morgan fingerprint density at radius 2 is 1.38 bits per heavy atom. The Morgan fingerprint density at radius 3 is 1.86 bits per heavy atom. The summed E-state index contributed by atoms with van der Waals surface area (Å²) in [6.45, 7) is 1.57. The zero-order chi connectivity index (χ0) is 20.3. The van der Waals surface area contributed by atoms with Crippen molar-refractivity contribution in [1.29, 1.82) is 0 Å². The molecule has 0 aromatic heterocycles. The zero-order valence-electron chi connectivity index (χ0n) is 15.5. The van der Waals surface area contributed by atoms with E-state index in [2.05, 4.69) is 0 Å². The molecule has 1 aliphatic rings. The minimum atomic E-state index is -4.50. The molecule has 0 atom stereocenters. The molecule has 0 bridgehead atoms. The van der Waals surface area contributed by atoms with E-state index >= 15 is 0 Å². The highest BCUT2D eigenvalue weighted by atomic mass is 35.5. The van der Waals surface area contributed by atoms with Crippen LogP contribution in [0.15, 0.2) is 48.5 Å². The fraction of sp³-hybridized carbons (Fsp3) is 0.300. The molecule has 5 nitrogen and oxygen atoms in total. The van der Waals surface area contributed by atoms with Crippen molar-refractivity contribution in [3.05, 3.63) is 70.8 Å². The van der Waals surface area contributed by atoms with Crippen LogP contribution in [-0.4, -0.2) is 47.8 Å². The number of nitrogens with two attached hydrogens (primary N) is 1. The summed E-state index contributed by atoms with van der Waals surface area (Å²) in [5, 5.41) is 0. The lowest BCUT2D eigenvalue weighted by molar-refractivity contribution is -0.137. The summed E-state index contributed by atoms with van der Waals surface area (Å²) in [6.07, 6.45) is -4.50. The Kier molecular flexibility index (Phi) is 7.26. The maximum absolute atomic E-state index is 12.8. The molecule has 2 aromatic rings. The molecular weight excluding hydrogens is 407 g/mol. The summed E-state index contributed by atoms with van der Waals surface area (Å²) in [5.74, 6) is -0.611. The molecule has 2 amide bonds. The average molecular weight is 428 g/mol. The first-order valence-electron chi connectivity index (χ1n) is 8.84. The van der Waals surface area contributed by atoms with Crippen LogP contribution in [0.3, 0.4) is 0 Å². The van der Waals surface area contributed by atoms with Crippen LogP contribution in [0.4, 0.5) is 13.2 Å². The number of carbonyl (C=O) groups is 2. The standard InChI is InChI=1S/C20H20F3N3O2.ClH/c21-20(22,23)17-3-1-2-16(12-17)19(28)26-10-8-25(9-11-26)18(27)15-6-4-14(13-24)5-7-15;/h1-7,12H,8-11,13,24H2;1H. The summed E-state index contributed by atoms with van der Waals surface area (Å²) in [6, 6.07) is 11.4. The molecule has 1 fully saturated rings. The van der Waals surface area contributed by atoms with Crippen LogP contribution >= 0.6 is 12.4 Å². The molecule has 1 aliphatic heterocycles. The van der Waals surface area contributed by atoms with E-state index in [1.807, 2.05) is 0 Å². The summed E-state index contributed by atoms with van der Waals surface area (Å²) in [4.78, 5) is 28.2. The van der Waals surface area contributed by atoms with Crippen molar-refractivity contribution in [2.75, 3.05) is 26.2 Å². The molecule has 0 unspecified atom stereocenters. The fourth-order valence-corrected chi connectivity index (χ4v) is 3.09. The SMILES string of the molecule is Cl.NCc1ccc(C(=O)N2CCN(C(=O)c3cccc(C(F)(F)F)c3)CC2)cc1. The summed E-state index contributed by atoms with van der Waals surface area (Å²) < 4.78 is 38.5. The molecule has 2 aromatic carbocycles. The third kappa shape index (κ3) is 5.27. The minimum Gasteiger partial charge on any atom is -0.335 e. The molecule has 156 valence electrons. The Bertz CT molecular complexity index is 864. The Balaban J connectivity index is 0.00000300. The second kappa shape index (κ2) is 9.28. The number of rotatable bonds is 3. The van der Waals surface area contributed by atoms with Crippen LogP contribution in [-0.2, 0) is 12.7 Å². The predicted molar refractivity (Wildman–Crippen MR) is 105 cm³/mol. The van der Waals surface area contributed by atoms with Crippen molar-refractivity contribution in [2.45, 2.75) is 12.7 Å². The van der Waals surface area contributed by atoms with Gasteiger partial charge in [-0.2, -0.15) is 13.2 Å². The molecule has 0 aliphatic carbocycles. The van der Waals surface area contributed by atoms with Crippen molar-refractivity contribution in [2.24, 2.45) is 5.73 Å². The number of halogens is 4. The third-order valence-corrected chi connectivity index (χ3v) is 4.73. The Labute approximate surface area is 172 Å². The van der Waals surface area contributed by atoms with Crippen LogP contribution in [0.5, 0.6) is 0 Å². The van der Waals surface area contributed by atoms with Gasteiger partial charge in [-0.25, -0.2) is 0 Å². The molecule has 3 rings (SSSR count). The van der Waals surface area contributed by atoms with Gasteiger partial charge >= 0.3 is 6.18 Å². The smallest absolute Gasteiger partial charge is 0.335 e.